The molecule has 0 saturated carbocycles. The molecule has 0 spiro atoms. The molecule has 0 aliphatic heterocycles. The van der Waals surface area contributed by atoms with Crippen LogP contribution in [0.1, 0.15) is 0 Å². The van der Waals surface area contributed by atoms with Crippen LogP contribution in [0, 0.1) is 0 Å². The van der Waals surface area contributed by atoms with E-state index in [2.05, 4.69) is 254 Å². The van der Waals surface area contributed by atoms with Gasteiger partial charge in [-0.25, -0.2) is 0 Å². The van der Waals surface area contributed by atoms with Crippen molar-refractivity contribution in [3.05, 3.63) is 261 Å². The average Bonchev–Trinajstić information content (AvgIpc) is 3.79. The van der Waals surface area contributed by atoms with Crippen molar-refractivity contribution in [2.45, 2.75) is 0 Å². The Hall–Kier alpha value is -8.72. The minimum Gasteiger partial charge on any atom is -0.455 e. The van der Waals surface area contributed by atoms with E-state index in [1.54, 1.807) is 0 Å². The average molecular weight is 842 g/mol. The van der Waals surface area contributed by atoms with E-state index in [1.165, 1.54) is 55.3 Å². The summed E-state index contributed by atoms with van der Waals surface area (Å²) < 4.78 is 6.59. The second kappa shape index (κ2) is 16.8. The van der Waals surface area contributed by atoms with Crippen LogP contribution in [0.5, 0.6) is 0 Å². The molecule has 0 aliphatic rings. The topological polar surface area (TPSA) is 16.4 Å². The molecule has 0 bridgehead atoms. The Morgan fingerprint density at radius 3 is 1.64 bits per heavy atom. The number of benzene rings is 11. The number of hydrogen-bond acceptors (Lipinski definition) is 2. The van der Waals surface area contributed by atoms with E-state index >= 15 is 0 Å². The molecule has 2 heteroatoms. The zero-order valence-electron chi connectivity index (χ0n) is 36.2. The van der Waals surface area contributed by atoms with Crippen LogP contribution in [0.15, 0.2) is 265 Å². The summed E-state index contributed by atoms with van der Waals surface area (Å²) >= 11 is 0. The molecule has 0 aliphatic carbocycles. The minimum atomic E-state index is 0.890. The lowest BCUT2D eigenvalue weighted by molar-refractivity contribution is 0.670. The van der Waals surface area contributed by atoms with Gasteiger partial charge in [0.1, 0.15) is 11.2 Å². The van der Waals surface area contributed by atoms with Gasteiger partial charge in [-0.2, -0.15) is 0 Å². The zero-order valence-corrected chi connectivity index (χ0v) is 36.2. The van der Waals surface area contributed by atoms with Gasteiger partial charge in [-0.05, 0) is 115 Å². The van der Waals surface area contributed by atoms with Crippen molar-refractivity contribution in [3.8, 4) is 66.8 Å². The third kappa shape index (κ3) is 7.12. The summed E-state index contributed by atoms with van der Waals surface area (Å²) in [6.07, 6.45) is 0. The largest absolute Gasteiger partial charge is 0.455 e. The molecular weight excluding hydrogens is 799 g/mol. The van der Waals surface area contributed by atoms with Crippen LogP contribution in [0.2, 0.25) is 0 Å². The van der Waals surface area contributed by atoms with Crippen molar-refractivity contribution in [3.63, 3.8) is 0 Å². The van der Waals surface area contributed by atoms with Gasteiger partial charge in [0, 0.05) is 33.3 Å². The van der Waals surface area contributed by atoms with Crippen molar-refractivity contribution in [1.29, 1.82) is 0 Å². The summed E-state index contributed by atoms with van der Waals surface area (Å²) in [4.78, 5) is 2.41. The number of anilines is 3. The standard InChI is InChI=1S/C64H43NO/c1-3-17-44(18-4-1)50-37-40-54(47-20-5-2-6-21-47)61(43-50)57-26-10-9-25-56(57)58-27-11-13-31-62(58)65(52-38-35-46(36-39-52)49-34-33-45-19-7-8-22-48(45)41-49)53-24-15-23-51(42-53)55-29-16-30-60-59-28-12-14-32-63(59)66-64(55)60/h1-43H. The Morgan fingerprint density at radius 2 is 0.818 bits per heavy atom. The smallest absolute Gasteiger partial charge is 0.143 e. The van der Waals surface area contributed by atoms with Crippen LogP contribution in [-0.4, -0.2) is 0 Å². The van der Waals surface area contributed by atoms with Crippen LogP contribution >= 0.6 is 0 Å². The van der Waals surface area contributed by atoms with E-state index < -0.39 is 0 Å². The second-order valence-electron chi connectivity index (χ2n) is 16.8. The van der Waals surface area contributed by atoms with Crippen molar-refractivity contribution in [2.75, 3.05) is 4.90 Å². The van der Waals surface area contributed by atoms with Crippen LogP contribution in [-0.2, 0) is 0 Å². The quantitative estimate of drug-likeness (QED) is 0.144. The van der Waals surface area contributed by atoms with Gasteiger partial charge in [0.2, 0.25) is 0 Å². The molecule has 0 unspecified atom stereocenters. The zero-order chi connectivity index (χ0) is 43.8. The molecule has 1 aromatic heterocycles. The fraction of sp³-hybridized carbons (Fsp3) is 0. The Labute approximate surface area is 384 Å². The summed E-state index contributed by atoms with van der Waals surface area (Å²) in [7, 11) is 0. The molecule has 12 rings (SSSR count). The van der Waals surface area contributed by atoms with E-state index in [1.807, 2.05) is 12.1 Å². The summed E-state index contributed by atoms with van der Waals surface area (Å²) in [6, 6.07) is 94.0. The SMILES string of the molecule is c1ccc(-c2ccc(-c3ccccc3)c(-c3ccccc3-c3ccccc3N(c3ccc(-c4ccc5ccccc5c4)cc3)c3cccc(-c4cccc5c4oc4ccccc45)c3)c2)cc1. The van der Waals surface area contributed by atoms with Gasteiger partial charge in [0.05, 0.1) is 5.69 Å². The first-order valence-electron chi connectivity index (χ1n) is 22.6. The maximum Gasteiger partial charge on any atom is 0.143 e. The molecule has 0 fully saturated rings. The second-order valence-corrected chi connectivity index (χ2v) is 16.8. The van der Waals surface area contributed by atoms with Gasteiger partial charge >= 0.3 is 0 Å². The molecule has 310 valence electrons. The fourth-order valence-corrected chi connectivity index (χ4v) is 9.68. The first-order chi connectivity index (χ1) is 32.7. The highest BCUT2D eigenvalue weighted by molar-refractivity contribution is 6.10. The lowest BCUT2D eigenvalue weighted by Crippen LogP contribution is -2.11. The molecule has 0 amide bonds. The molecule has 0 saturated heterocycles. The monoisotopic (exact) mass is 841 g/mol. The summed E-state index contributed by atoms with van der Waals surface area (Å²) in [6.45, 7) is 0. The molecule has 11 aromatic carbocycles. The van der Waals surface area contributed by atoms with E-state index in [0.29, 0.717) is 0 Å². The van der Waals surface area contributed by atoms with E-state index in [-0.39, 0.29) is 0 Å². The maximum absolute atomic E-state index is 6.59. The molecule has 0 radical (unpaired) electrons. The number of furan rings is 1. The van der Waals surface area contributed by atoms with Gasteiger partial charge < -0.3 is 9.32 Å². The molecule has 0 atom stereocenters. The van der Waals surface area contributed by atoms with E-state index in [9.17, 15) is 0 Å². The van der Waals surface area contributed by atoms with Crippen LogP contribution in [0.25, 0.3) is 99.5 Å². The lowest BCUT2D eigenvalue weighted by atomic mass is 9.87. The fourth-order valence-electron chi connectivity index (χ4n) is 9.68. The third-order valence-electron chi connectivity index (χ3n) is 12.9. The summed E-state index contributed by atoms with van der Waals surface area (Å²) in [5.41, 5.74) is 18.8. The summed E-state index contributed by atoms with van der Waals surface area (Å²) in [5.74, 6) is 0. The predicted molar refractivity (Wildman–Crippen MR) is 279 cm³/mol. The number of hydrogen-bond donors (Lipinski definition) is 0. The minimum absolute atomic E-state index is 0.890. The first-order valence-corrected chi connectivity index (χ1v) is 22.6. The van der Waals surface area contributed by atoms with E-state index in [0.717, 1.165) is 61.3 Å². The van der Waals surface area contributed by atoms with Gasteiger partial charge in [-0.1, -0.05) is 212 Å². The highest BCUT2D eigenvalue weighted by Gasteiger charge is 2.22. The number of nitrogens with zero attached hydrogens (tertiary/aromatic N) is 1. The van der Waals surface area contributed by atoms with Gasteiger partial charge in [0.25, 0.3) is 0 Å². The van der Waals surface area contributed by atoms with Gasteiger partial charge in [-0.15, -0.1) is 0 Å². The predicted octanol–water partition coefficient (Wildman–Crippen LogP) is 18.2. The van der Waals surface area contributed by atoms with Gasteiger partial charge in [0.15, 0.2) is 0 Å². The number of fused-ring (bicyclic) bond motifs is 4. The highest BCUT2D eigenvalue weighted by Crippen LogP contribution is 2.47. The van der Waals surface area contributed by atoms with Crippen molar-refractivity contribution in [1.82, 2.24) is 0 Å². The lowest BCUT2D eigenvalue weighted by Gasteiger charge is -2.29. The Bertz CT molecular complexity index is 3700. The molecule has 66 heavy (non-hydrogen) atoms. The van der Waals surface area contributed by atoms with Crippen molar-refractivity contribution >= 4 is 49.8 Å². The third-order valence-corrected chi connectivity index (χ3v) is 12.9. The number of para-hydroxylation sites is 3. The molecule has 0 N–H and O–H groups in total. The normalized spacial score (nSPS) is 11.3. The van der Waals surface area contributed by atoms with E-state index in [4.69, 9.17) is 4.42 Å². The number of rotatable bonds is 9. The first kappa shape index (κ1) is 38.9. The molecule has 1 heterocycles. The Kier molecular flexibility index (Phi) is 9.89. The Morgan fingerprint density at radius 1 is 0.258 bits per heavy atom. The Balaban J connectivity index is 1.04. The highest BCUT2D eigenvalue weighted by atomic mass is 16.3. The summed E-state index contributed by atoms with van der Waals surface area (Å²) in [5, 5.41) is 4.70. The van der Waals surface area contributed by atoms with Crippen molar-refractivity contribution in [2.24, 2.45) is 0 Å². The van der Waals surface area contributed by atoms with Gasteiger partial charge in [-0.3, -0.25) is 0 Å². The van der Waals surface area contributed by atoms with Crippen LogP contribution in [0.3, 0.4) is 0 Å². The molecular formula is C64H43NO. The molecule has 2 nitrogen and oxygen atoms in total. The maximum atomic E-state index is 6.59. The van der Waals surface area contributed by atoms with Crippen LogP contribution in [0.4, 0.5) is 17.1 Å². The van der Waals surface area contributed by atoms with Crippen molar-refractivity contribution < 1.29 is 4.42 Å². The van der Waals surface area contributed by atoms with Crippen LogP contribution < -0.4 is 4.90 Å². The molecule has 12 aromatic rings.